The van der Waals surface area contributed by atoms with E-state index in [-0.39, 0.29) is 11.8 Å². The Balaban J connectivity index is 1.51. The number of anilines is 2. The number of hydrogen-bond acceptors (Lipinski definition) is 6. The van der Waals surface area contributed by atoms with Crippen LogP contribution in [-0.4, -0.2) is 50.1 Å². The summed E-state index contributed by atoms with van der Waals surface area (Å²) in [6, 6.07) is 10.5. The van der Waals surface area contributed by atoms with Crippen molar-refractivity contribution in [1.82, 2.24) is 10.2 Å². The molecule has 2 aromatic carbocycles. The van der Waals surface area contributed by atoms with Gasteiger partial charge in [0.2, 0.25) is 10.0 Å². The van der Waals surface area contributed by atoms with Gasteiger partial charge in [0.15, 0.2) is 0 Å². The van der Waals surface area contributed by atoms with Crippen LogP contribution in [0, 0.1) is 12.7 Å². The van der Waals surface area contributed by atoms with E-state index >= 15 is 0 Å². The van der Waals surface area contributed by atoms with E-state index < -0.39 is 21.7 Å². The summed E-state index contributed by atoms with van der Waals surface area (Å²) in [6.45, 7) is 2.79. The number of rotatable bonds is 8. The van der Waals surface area contributed by atoms with Gasteiger partial charge in [0.25, 0.3) is 5.91 Å². The van der Waals surface area contributed by atoms with Gasteiger partial charge in [-0.25, -0.2) is 12.8 Å². The molecule has 9 nitrogen and oxygen atoms in total. The number of hydrogen-bond donors (Lipinski definition) is 3. The number of nitrogens with one attached hydrogen (secondary N) is 3. The lowest BCUT2D eigenvalue weighted by Crippen LogP contribution is -2.16. The van der Waals surface area contributed by atoms with E-state index in [9.17, 15) is 17.6 Å². The van der Waals surface area contributed by atoms with Crippen LogP contribution < -0.4 is 14.8 Å². The third-order valence-corrected chi connectivity index (χ3v) is 5.87. The molecule has 11 heteroatoms. The maximum absolute atomic E-state index is 14.0. The number of amides is 1. The van der Waals surface area contributed by atoms with Crippen molar-refractivity contribution in [3.05, 3.63) is 59.5 Å². The number of carbonyl (C=O) groups is 1. The van der Waals surface area contributed by atoms with Gasteiger partial charge in [0.05, 0.1) is 23.7 Å². The second-order valence-corrected chi connectivity index (χ2v) is 9.86. The molecule has 4 rings (SSSR count). The predicted molar refractivity (Wildman–Crippen MR) is 126 cm³/mol. The maximum atomic E-state index is 14.0. The molecule has 1 aliphatic rings. The van der Waals surface area contributed by atoms with E-state index in [2.05, 4.69) is 20.2 Å². The second kappa shape index (κ2) is 9.82. The van der Waals surface area contributed by atoms with Crippen LogP contribution in [0.4, 0.5) is 15.8 Å². The third-order valence-electron chi connectivity index (χ3n) is 5.28. The number of sulfonamides is 1. The molecule has 0 aliphatic carbocycles. The van der Waals surface area contributed by atoms with Gasteiger partial charge in [-0.3, -0.25) is 14.6 Å². The van der Waals surface area contributed by atoms with Crippen LogP contribution in [0.1, 0.15) is 28.9 Å². The number of aryl methyl sites for hydroxylation is 1. The van der Waals surface area contributed by atoms with Gasteiger partial charge in [0.1, 0.15) is 23.9 Å². The molecule has 180 valence electrons. The van der Waals surface area contributed by atoms with Gasteiger partial charge in [-0.15, -0.1) is 0 Å². The highest BCUT2D eigenvalue weighted by Crippen LogP contribution is 2.31. The lowest BCUT2D eigenvalue weighted by Gasteiger charge is -2.14. The van der Waals surface area contributed by atoms with Crippen LogP contribution in [0.25, 0.3) is 11.3 Å². The lowest BCUT2D eigenvalue weighted by atomic mass is 10.1. The number of H-pyrrole nitrogens is 1. The molecule has 1 saturated heterocycles. The van der Waals surface area contributed by atoms with Crippen molar-refractivity contribution < 1.29 is 27.1 Å². The largest absolute Gasteiger partial charge is 0.490 e. The standard InChI is InChI=1S/C23H25FN4O5S/c1-14-5-7-16(11-19(14)28-34(2,30)31)25-23(29)21-12-20(26-27-21)18-10-15(24)6-8-22(18)33-13-17-4-3-9-32-17/h5-8,10-12,17,28H,3-4,9,13H2,1-2H3,(H,25,29)(H,26,27). The molecular formula is C23H25FN4O5S. The van der Waals surface area contributed by atoms with Crippen LogP contribution >= 0.6 is 0 Å². The van der Waals surface area contributed by atoms with Crippen LogP contribution in [0.3, 0.4) is 0 Å². The van der Waals surface area contributed by atoms with Crippen molar-refractivity contribution >= 4 is 27.3 Å². The summed E-state index contributed by atoms with van der Waals surface area (Å²) in [4.78, 5) is 12.7. The molecule has 1 aromatic heterocycles. The number of ether oxygens (including phenoxy) is 2. The monoisotopic (exact) mass is 488 g/mol. The molecule has 3 aromatic rings. The first-order valence-corrected chi connectivity index (χ1v) is 12.6. The van der Waals surface area contributed by atoms with E-state index in [1.165, 1.54) is 30.3 Å². The SMILES string of the molecule is Cc1ccc(NC(=O)c2cc(-c3cc(F)ccc3OCC3CCCO3)n[nH]2)cc1NS(C)(=O)=O. The number of halogens is 1. The summed E-state index contributed by atoms with van der Waals surface area (Å²) >= 11 is 0. The van der Waals surface area contributed by atoms with Gasteiger partial charge in [-0.05, 0) is 61.7 Å². The molecule has 0 radical (unpaired) electrons. The maximum Gasteiger partial charge on any atom is 0.273 e. The fraction of sp³-hybridized carbons (Fsp3) is 0.304. The van der Waals surface area contributed by atoms with E-state index in [0.717, 1.165) is 19.1 Å². The summed E-state index contributed by atoms with van der Waals surface area (Å²) in [7, 11) is -3.47. The van der Waals surface area contributed by atoms with E-state index in [1.54, 1.807) is 19.1 Å². The second-order valence-electron chi connectivity index (χ2n) is 8.11. The summed E-state index contributed by atoms with van der Waals surface area (Å²) in [5.41, 5.74) is 2.35. The average molecular weight is 489 g/mol. The lowest BCUT2D eigenvalue weighted by molar-refractivity contribution is 0.0681. The quantitative estimate of drug-likeness (QED) is 0.444. The topological polar surface area (TPSA) is 122 Å². The molecule has 34 heavy (non-hydrogen) atoms. The first-order chi connectivity index (χ1) is 16.2. The summed E-state index contributed by atoms with van der Waals surface area (Å²) in [6.07, 6.45) is 2.93. The Bertz CT molecular complexity index is 1300. The van der Waals surface area contributed by atoms with E-state index in [4.69, 9.17) is 9.47 Å². The molecule has 2 heterocycles. The molecule has 0 saturated carbocycles. The molecule has 0 spiro atoms. The first kappa shape index (κ1) is 23.7. The minimum atomic E-state index is -3.47. The van der Waals surface area contributed by atoms with Crippen molar-refractivity contribution in [2.24, 2.45) is 0 Å². The van der Waals surface area contributed by atoms with Crippen molar-refractivity contribution in [3.63, 3.8) is 0 Å². The van der Waals surface area contributed by atoms with Crippen LogP contribution in [0.15, 0.2) is 42.5 Å². The van der Waals surface area contributed by atoms with Crippen molar-refractivity contribution in [2.45, 2.75) is 25.9 Å². The Morgan fingerprint density at radius 3 is 2.82 bits per heavy atom. The Labute approximate surface area is 196 Å². The highest BCUT2D eigenvalue weighted by molar-refractivity contribution is 7.92. The van der Waals surface area contributed by atoms with Gasteiger partial charge >= 0.3 is 0 Å². The molecule has 1 unspecified atom stereocenters. The number of nitrogens with zero attached hydrogens (tertiary/aromatic N) is 1. The zero-order valence-corrected chi connectivity index (χ0v) is 19.5. The van der Waals surface area contributed by atoms with E-state index in [0.29, 0.717) is 47.2 Å². The number of aromatic nitrogens is 2. The predicted octanol–water partition coefficient (Wildman–Crippen LogP) is 3.71. The number of aromatic amines is 1. The summed E-state index contributed by atoms with van der Waals surface area (Å²) in [5, 5.41) is 9.51. The highest BCUT2D eigenvalue weighted by Gasteiger charge is 2.19. The molecule has 1 amide bonds. The highest BCUT2D eigenvalue weighted by atomic mass is 32.2. The molecule has 0 bridgehead atoms. The molecular weight excluding hydrogens is 463 g/mol. The fourth-order valence-corrected chi connectivity index (χ4v) is 4.19. The van der Waals surface area contributed by atoms with Crippen LogP contribution in [-0.2, 0) is 14.8 Å². The summed E-state index contributed by atoms with van der Waals surface area (Å²) < 4.78 is 50.9. The summed E-state index contributed by atoms with van der Waals surface area (Å²) in [5.74, 6) is -0.518. The van der Waals surface area contributed by atoms with Crippen molar-refractivity contribution in [2.75, 3.05) is 29.5 Å². The van der Waals surface area contributed by atoms with Gasteiger partial charge in [-0.2, -0.15) is 5.10 Å². The molecule has 3 N–H and O–H groups in total. The Hall–Kier alpha value is -3.44. The van der Waals surface area contributed by atoms with Gasteiger partial charge in [0, 0.05) is 17.9 Å². The van der Waals surface area contributed by atoms with Crippen molar-refractivity contribution in [3.8, 4) is 17.0 Å². The van der Waals surface area contributed by atoms with Crippen LogP contribution in [0.2, 0.25) is 0 Å². The minimum Gasteiger partial charge on any atom is -0.490 e. The minimum absolute atomic E-state index is 0.00462. The van der Waals surface area contributed by atoms with Gasteiger partial charge < -0.3 is 14.8 Å². The third kappa shape index (κ3) is 5.91. The normalized spacial score (nSPS) is 15.8. The average Bonchev–Trinajstić information content (AvgIpc) is 3.46. The zero-order chi connectivity index (χ0) is 24.3. The number of carbonyl (C=O) groups excluding carboxylic acids is 1. The van der Waals surface area contributed by atoms with Crippen LogP contribution in [0.5, 0.6) is 5.75 Å². The van der Waals surface area contributed by atoms with Gasteiger partial charge in [-0.1, -0.05) is 6.07 Å². The zero-order valence-electron chi connectivity index (χ0n) is 18.7. The Kier molecular flexibility index (Phi) is 6.85. The smallest absolute Gasteiger partial charge is 0.273 e. The molecule has 1 fully saturated rings. The Morgan fingerprint density at radius 1 is 1.26 bits per heavy atom. The Morgan fingerprint density at radius 2 is 2.09 bits per heavy atom. The first-order valence-electron chi connectivity index (χ1n) is 10.7. The molecule has 1 atom stereocenters. The van der Waals surface area contributed by atoms with E-state index in [1.807, 2.05) is 0 Å². The fourth-order valence-electron chi connectivity index (χ4n) is 3.57. The van der Waals surface area contributed by atoms with Crippen molar-refractivity contribution in [1.29, 1.82) is 0 Å². The number of benzene rings is 2. The molecule has 1 aliphatic heterocycles.